The Bertz CT molecular complexity index is 668. The molecule has 0 aliphatic heterocycles. The zero-order chi connectivity index (χ0) is 14.7. The van der Waals surface area contributed by atoms with Gasteiger partial charge in [0.15, 0.2) is 5.69 Å². The summed E-state index contributed by atoms with van der Waals surface area (Å²) >= 11 is 3.35. The van der Waals surface area contributed by atoms with Crippen LogP contribution in [0.5, 0.6) is 0 Å². The topological polar surface area (TPSA) is 97.1 Å². The first-order valence-electron chi connectivity index (χ1n) is 5.67. The van der Waals surface area contributed by atoms with Crippen molar-refractivity contribution in [1.29, 1.82) is 0 Å². The van der Waals surface area contributed by atoms with E-state index in [1.807, 2.05) is 24.3 Å². The first-order valence-corrected chi connectivity index (χ1v) is 6.46. The fourth-order valence-electron chi connectivity index (χ4n) is 1.63. The molecule has 1 heterocycles. The normalized spacial score (nSPS) is 10.3. The van der Waals surface area contributed by atoms with E-state index in [1.165, 1.54) is 4.68 Å². The minimum absolute atomic E-state index is 0.103. The Morgan fingerprint density at radius 2 is 2.20 bits per heavy atom. The number of carbonyl (C=O) groups excluding carboxylic acids is 1. The van der Waals surface area contributed by atoms with Crippen molar-refractivity contribution in [2.24, 2.45) is 0 Å². The molecule has 0 saturated heterocycles. The fraction of sp³-hybridized carbons (Fsp3) is 0.167. The molecular weight excluding hydrogens is 328 g/mol. The van der Waals surface area contributed by atoms with Crippen molar-refractivity contribution in [3.05, 3.63) is 40.1 Å². The van der Waals surface area contributed by atoms with Crippen LogP contribution in [0.1, 0.15) is 16.2 Å². The maximum atomic E-state index is 11.8. The molecule has 104 valence electrons. The first kappa shape index (κ1) is 14.2. The summed E-state index contributed by atoms with van der Waals surface area (Å²) in [6, 6.07) is 7.37. The number of nitrogens with zero attached hydrogens (tertiary/aromatic N) is 3. The van der Waals surface area contributed by atoms with Gasteiger partial charge in [-0.15, -0.1) is 5.10 Å². The number of halogens is 1. The summed E-state index contributed by atoms with van der Waals surface area (Å²) in [5.41, 5.74) is 1.39. The molecule has 2 N–H and O–H groups in total. The minimum Gasteiger partial charge on any atom is -0.480 e. The van der Waals surface area contributed by atoms with E-state index in [-0.39, 0.29) is 5.69 Å². The van der Waals surface area contributed by atoms with Crippen molar-refractivity contribution in [3.63, 3.8) is 0 Å². The van der Waals surface area contributed by atoms with Crippen LogP contribution in [0.4, 0.5) is 0 Å². The molecule has 0 fully saturated rings. The lowest BCUT2D eigenvalue weighted by Gasteiger charge is -2.04. The van der Waals surface area contributed by atoms with Gasteiger partial charge >= 0.3 is 5.97 Å². The van der Waals surface area contributed by atoms with Crippen molar-refractivity contribution >= 4 is 27.8 Å². The number of nitrogens with one attached hydrogen (secondary N) is 1. The Morgan fingerprint density at radius 1 is 1.45 bits per heavy atom. The van der Waals surface area contributed by atoms with Crippen LogP contribution in [0.2, 0.25) is 0 Å². The number of carbonyl (C=O) groups is 2. The summed E-state index contributed by atoms with van der Waals surface area (Å²) in [6.07, 6.45) is 0. The standard InChI is InChI=1S/C12H11BrN4O3/c1-7-11(12(20)14-6-10(18)19)15-16-17(7)9-4-2-3-8(13)5-9/h2-5H,6H2,1H3,(H,14,20)(H,18,19). The van der Waals surface area contributed by atoms with Crippen LogP contribution in [-0.2, 0) is 4.79 Å². The Labute approximate surface area is 122 Å². The fourth-order valence-corrected chi connectivity index (χ4v) is 2.02. The number of carboxylic acids is 1. The van der Waals surface area contributed by atoms with Crippen LogP contribution in [0, 0.1) is 6.92 Å². The molecule has 0 atom stereocenters. The molecule has 0 radical (unpaired) electrons. The number of rotatable bonds is 4. The largest absolute Gasteiger partial charge is 0.480 e. The van der Waals surface area contributed by atoms with E-state index < -0.39 is 18.4 Å². The zero-order valence-corrected chi connectivity index (χ0v) is 12.1. The van der Waals surface area contributed by atoms with Crippen molar-refractivity contribution in [2.45, 2.75) is 6.92 Å². The van der Waals surface area contributed by atoms with Gasteiger partial charge in [-0.3, -0.25) is 9.59 Å². The number of benzene rings is 1. The molecule has 0 aliphatic carbocycles. The highest BCUT2D eigenvalue weighted by Gasteiger charge is 2.17. The third-order valence-corrected chi connectivity index (χ3v) is 3.06. The highest BCUT2D eigenvalue weighted by molar-refractivity contribution is 9.10. The number of hydrogen-bond donors (Lipinski definition) is 2. The van der Waals surface area contributed by atoms with Gasteiger partial charge in [-0.2, -0.15) is 0 Å². The van der Waals surface area contributed by atoms with Gasteiger partial charge in [0.05, 0.1) is 11.4 Å². The van der Waals surface area contributed by atoms with Gasteiger partial charge in [0.2, 0.25) is 0 Å². The van der Waals surface area contributed by atoms with E-state index in [9.17, 15) is 9.59 Å². The van der Waals surface area contributed by atoms with Crippen molar-refractivity contribution in [3.8, 4) is 5.69 Å². The van der Waals surface area contributed by atoms with Crippen LogP contribution in [0.25, 0.3) is 5.69 Å². The second-order valence-electron chi connectivity index (χ2n) is 3.99. The monoisotopic (exact) mass is 338 g/mol. The van der Waals surface area contributed by atoms with E-state index in [1.54, 1.807) is 6.92 Å². The summed E-state index contributed by atoms with van der Waals surface area (Å²) in [7, 11) is 0. The Kier molecular flexibility index (Phi) is 4.14. The molecule has 1 aromatic carbocycles. The minimum atomic E-state index is -1.12. The molecule has 20 heavy (non-hydrogen) atoms. The summed E-state index contributed by atoms with van der Waals surface area (Å²) in [4.78, 5) is 22.2. The van der Waals surface area contributed by atoms with Gasteiger partial charge in [0, 0.05) is 4.47 Å². The highest BCUT2D eigenvalue weighted by Crippen LogP contribution is 2.17. The van der Waals surface area contributed by atoms with Gasteiger partial charge in [-0.25, -0.2) is 4.68 Å². The van der Waals surface area contributed by atoms with Crippen LogP contribution >= 0.6 is 15.9 Å². The average Bonchev–Trinajstić information content (AvgIpc) is 2.78. The van der Waals surface area contributed by atoms with Crippen LogP contribution in [0.3, 0.4) is 0 Å². The molecule has 7 nitrogen and oxygen atoms in total. The van der Waals surface area contributed by atoms with Crippen LogP contribution < -0.4 is 5.32 Å². The lowest BCUT2D eigenvalue weighted by atomic mass is 10.3. The predicted molar refractivity (Wildman–Crippen MR) is 73.8 cm³/mol. The zero-order valence-electron chi connectivity index (χ0n) is 10.5. The van der Waals surface area contributed by atoms with Crippen LogP contribution in [0.15, 0.2) is 28.7 Å². The lowest BCUT2D eigenvalue weighted by Crippen LogP contribution is -2.30. The summed E-state index contributed by atoms with van der Waals surface area (Å²) in [5.74, 6) is -1.68. The molecular formula is C12H11BrN4O3. The maximum absolute atomic E-state index is 11.8. The molecule has 0 unspecified atom stereocenters. The lowest BCUT2D eigenvalue weighted by molar-refractivity contribution is -0.135. The summed E-state index contributed by atoms with van der Waals surface area (Å²) in [5, 5.41) is 18.5. The van der Waals surface area contributed by atoms with Gasteiger partial charge < -0.3 is 10.4 Å². The Hall–Kier alpha value is -2.22. The summed E-state index contributed by atoms with van der Waals surface area (Å²) < 4.78 is 2.39. The maximum Gasteiger partial charge on any atom is 0.322 e. The SMILES string of the molecule is Cc1c(C(=O)NCC(=O)O)nnn1-c1cccc(Br)c1. The molecule has 2 aromatic rings. The number of carboxylic acid groups (broad SMARTS) is 1. The highest BCUT2D eigenvalue weighted by atomic mass is 79.9. The summed E-state index contributed by atoms with van der Waals surface area (Å²) in [6.45, 7) is 1.23. The van der Waals surface area contributed by atoms with Crippen molar-refractivity contribution in [2.75, 3.05) is 6.54 Å². The van der Waals surface area contributed by atoms with E-state index >= 15 is 0 Å². The number of aromatic nitrogens is 3. The molecule has 2 rings (SSSR count). The van der Waals surface area contributed by atoms with E-state index in [2.05, 4.69) is 31.6 Å². The molecule has 8 heteroatoms. The predicted octanol–water partition coefficient (Wildman–Crippen LogP) is 1.15. The number of amides is 1. The number of aliphatic carboxylic acids is 1. The Balaban J connectivity index is 2.27. The smallest absolute Gasteiger partial charge is 0.322 e. The van der Waals surface area contributed by atoms with Crippen molar-refractivity contribution in [1.82, 2.24) is 20.3 Å². The number of hydrogen-bond acceptors (Lipinski definition) is 4. The van der Waals surface area contributed by atoms with E-state index in [0.717, 1.165) is 10.2 Å². The molecule has 0 bridgehead atoms. The molecule has 0 saturated carbocycles. The Morgan fingerprint density at radius 3 is 2.85 bits per heavy atom. The van der Waals surface area contributed by atoms with E-state index in [4.69, 9.17) is 5.11 Å². The van der Waals surface area contributed by atoms with Crippen LogP contribution in [-0.4, -0.2) is 38.5 Å². The van der Waals surface area contributed by atoms with Gasteiger partial charge in [0.25, 0.3) is 5.91 Å². The second-order valence-corrected chi connectivity index (χ2v) is 4.91. The molecule has 1 amide bonds. The second kappa shape index (κ2) is 5.83. The first-order chi connectivity index (χ1) is 9.49. The van der Waals surface area contributed by atoms with Gasteiger partial charge in [-0.1, -0.05) is 27.2 Å². The third-order valence-electron chi connectivity index (χ3n) is 2.56. The molecule has 1 aromatic heterocycles. The quantitative estimate of drug-likeness (QED) is 0.871. The van der Waals surface area contributed by atoms with E-state index in [0.29, 0.717) is 5.69 Å². The third kappa shape index (κ3) is 3.02. The molecule has 0 aliphatic rings. The van der Waals surface area contributed by atoms with Gasteiger partial charge in [0.1, 0.15) is 6.54 Å². The van der Waals surface area contributed by atoms with Gasteiger partial charge in [-0.05, 0) is 25.1 Å². The molecule has 0 spiro atoms. The van der Waals surface area contributed by atoms with Crippen molar-refractivity contribution < 1.29 is 14.7 Å². The average molecular weight is 339 g/mol.